The molecule has 0 saturated carbocycles. The molecule has 2 aromatic rings. The Bertz CT molecular complexity index is 626. The van der Waals surface area contributed by atoms with Gasteiger partial charge in [-0.05, 0) is 19.1 Å². The topological polar surface area (TPSA) is 74.8 Å². The molecule has 0 atom stereocenters. The van der Waals surface area contributed by atoms with E-state index in [-0.39, 0.29) is 18.3 Å². The van der Waals surface area contributed by atoms with Gasteiger partial charge in [-0.2, -0.15) is 5.26 Å². The van der Waals surface area contributed by atoms with Crippen molar-refractivity contribution in [3.05, 3.63) is 42.0 Å². The molecule has 0 fully saturated rings. The molecule has 0 aliphatic heterocycles. The molecule has 0 N–H and O–H groups in total. The summed E-state index contributed by atoms with van der Waals surface area (Å²) >= 11 is 0. The number of carbonyl (C=O) groups is 1. The third-order valence-corrected chi connectivity index (χ3v) is 2.62. The number of nitrogens with zero attached hydrogens (tertiary/aromatic N) is 5. The van der Waals surface area contributed by atoms with Crippen LogP contribution in [0.1, 0.15) is 16.4 Å². The third kappa shape index (κ3) is 2.60. The molecule has 0 spiro atoms. The number of amides is 1. The summed E-state index contributed by atoms with van der Waals surface area (Å²) in [6.07, 6.45) is 0. The first-order valence-electron chi connectivity index (χ1n) is 5.75. The van der Waals surface area contributed by atoms with Gasteiger partial charge in [0.25, 0.3) is 5.91 Å². The Labute approximate surface area is 110 Å². The van der Waals surface area contributed by atoms with E-state index in [9.17, 15) is 4.79 Å². The monoisotopic (exact) mass is 255 g/mol. The second kappa shape index (κ2) is 5.31. The van der Waals surface area contributed by atoms with Gasteiger partial charge in [0.05, 0.1) is 11.8 Å². The molecule has 1 aromatic heterocycles. The summed E-state index contributed by atoms with van der Waals surface area (Å²) in [6, 6.07) is 11.4. The molecule has 0 saturated heterocycles. The van der Waals surface area contributed by atoms with Crippen molar-refractivity contribution in [1.82, 2.24) is 19.7 Å². The van der Waals surface area contributed by atoms with E-state index in [2.05, 4.69) is 10.1 Å². The quantitative estimate of drug-likeness (QED) is 0.771. The van der Waals surface area contributed by atoms with Gasteiger partial charge in [-0.1, -0.05) is 18.2 Å². The first-order valence-corrected chi connectivity index (χ1v) is 5.75. The molecule has 0 unspecified atom stereocenters. The SMILES string of the molecule is Cc1nc(C(=O)N(C)CC#N)nn1-c1ccccc1. The first-order chi connectivity index (χ1) is 9.13. The lowest BCUT2D eigenvalue weighted by molar-refractivity contribution is 0.0800. The fraction of sp³-hybridized carbons (Fsp3) is 0.231. The van der Waals surface area contributed by atoms with Gasteiger partial charge in [0.15, 0.2) is 0 Å². The second-order valence-corrected chi connectivity index (χ2v) is 4.05. The maximum atomic E-state index is 12.0. The Hall–Kier alpha value is -2.68. The highest BCUT2D eigenvalue weighted by Crippen LogP contribution is 2.09. The molecule has 0 aliphatic rings. The van der Waals surface area contributed by atoms with E-state index in [1.165, 1.54) is 4.90 Å². The van der Waals surface area contributed by atoms with E-state index in [0.717, 1.165) is 5.69 Å². The standard InChI is InChI=1S/C13H13N5O/c1-10-15-12(13(19)17(2)9-8-14)16-18(10)11-6-4-3-5-7-11/h3-7H,9H2,1-2H3. The number of aromatic nitrogens is 3. The first kappa shape index (κ1) is 12.8. The summed E-state index contributed by atoms with van der Waals surface area (Å²) < 4.78 is 1.60. The van der Waals surface area contributed by atoms with Crippen molar-refractivity contribution >= 4 is 5.91 Å². The minimum absolute atomic E-state index is 0.0117. The van der Waals surface area contributed by atoms with Crippen molar-refractivity contribution in [2.45, 2.75) is 6.92 Å². The van der Waals surface area contributed by atoms with Gasteiger partial charge in [0.1, 0.15) is 12.4 Å². The summed E-state index contributed by atoms with van der Waals surface area (Å²) in [5, 5.41) is 12.8. The maximum absolute atomic E-state index is 12.0. The summed E-state index contributed by atoms with van der Waals surface area (Å²) in [5.74, 6) is 0.360. The summed E-state index contributed by atoms with van der Waals surface area (Å²) in [4.78, 5) is 17.4. The molecular weight excluding hydrogens is 242 g/mol. The van der Waals surface area contributed by atoms with Gasteiger partial charge < -0.3 is 4.90 Å². The molecule has 1 amide bonds. The molecular formula is C13H13N5O. The predicted molar refractivity (Wildman–Crippen MR) is 68.7 cm³/mol. The van der Waals surface area contributed by atoms with Crippen molar-refractivity contribution in [2.24, 2.45) is 0 Å². The van der Waals surface area contributed by atoms with Crippen molar-refractivity contribution in [2.75, 3.05) is 13.6 Å². The number of hydrogen-bond donors (Lipinski definition) is 0. The highest BCUT2D eigenvalue weighted by molar-refractivity contribution is 5.90. The number of benzene rings is 1. The van der Waals surface area contributed by atoms with Crippen molar-refractivity contribution < 1.29 is 4.79 Å². The normalized spacial score (nSPS) is 9.95. The van der Waals surface area contributed by atoms with Crippen molar-refractivity contribution in [1.29, 1.82) is 5.26 Å². The maximum Gasteiger partial charge on any atom is 0.294 e. The smallest absolute Gasteiger partial charge is 0.294 e. The molecule has 6 heteroatoms. The average molecular weight is 255 g/mol. The van der Waals surface area contributed by atoms with E-state index in [1.807, 2.05) is 36.4 Å². The van der Waals surface area contributed by atoms with Crippen molar-refractivity contribution in [3.63, 3.8) is 0 Å². The minimum atomic E-state index is -0.362. The molecule has 0 aliphatic carbocycles. The largest absolute Gasteiger partial charge is 0.326 e. The Morgan fingerprint density at radius 2 is 2.11 bits per heavy atom. The fourth-order valence-electron chi connectivity index (χ4n) is 1.64. The van der Waals surface area contributed by atoms with Crippen LogP contribution in [0, 0.1) is 18.3 Å². The molecule has 6 nitrogen and oxygen atoms in total. The number of rotatable bonds is 3. The molecule has 0 bridgehead atoms. The number of hydrogen-bond acceptors (Lipinski definition) is 4. The van der Waals surface area contributed by atoms with Crippen LogP contribution in [-0.2, 0) is 0 Å². The van der Waals surface area contributed by atoms with Crippen LogP contribution in [-0.4, -0.2) is 39.2 Å². The van der Waals surface area contributed by atoms with Crippen LogP contribution in [0.25, 0.3) is 5.69 Å². The molecule has 19 heavy (non-hydrogen) atoms. The molecule has 0 radical (unpaired) electrons. The Morgan fingerprint density at radius 1 is 1.42 bits per heavy atom. The number of aryl methyl sites for hydroxylation is 1. The van der Waals surface area contributed by atoms with Crippen LogP contribution in [0.2, 0.25) is 0 Å². The van der Waals surface area contributed by atoms with E-state index >= 15 is 0 Å². The number of nitriles is 1. The van der Waals surface area contributed by atoms with Gasteiger partial charge in [-0.3, -0.25) is 4.79 Å². The predicted octanol–water partition coefficient (Wildman–Crippen LogP) is 1.17. The van der Waals surface area contributed by atoms with Crippen LogP contribution in [0.15, 0.2) is 30.3 Å². The van der Waals surface area contributed by atoms with E-state index < -0.39 is 0 Å². The van der Waals surface area contributed by atoms with Gasteiger partial charge in [-0.25, -0.2) is 9.67 Å². The van der Waals surface area contributed by atoms with Gasteiger partial charge in [-0.15, -0.1) is 5.10 Å². The zero-order valence-corrected chi connectivity index (χ0v) is 10.7. The fourth-order valence-corrected chi connectivity index (χ4v) is 1.64. The van der Waals surface area contributed by atoms with Crippen LogP contribution in [0.4, 0.5) is 0 Å². The van der Waals surface area contributed by atoms with Gasteiger partial charge >= 0.3 is 0 Å². The van der Waals surface area contributed by atoms with E-state index in [1.54, 1.807) is 18.7 Å². The second-order valence-electron chi connectivity index (χ2n) is 4.05. The van der Waals surface area contributed by atoms with Gasteiger partial charge in [0, 0.05) is 7.05 Å². The van der Waals surface area contributed by atoms with E-state index in [0.29, 0.717) is 5.82 Å². The zero-order chi connectivity index (χ0) is 13.8. The minimum Gasteiger partial charge on any atom is -0.326 e. The molecule has 1 heterocycles. The lowest BCUT2D eigenvalue weighted by atomic mass is 10.3. The highest BCUT2D eigenvalue weighted by Gasteiger charge is 2.18. The van der Waals surface area contributed by atoms with E-state index in [4.69, 9.17) is 5.26 Å². The summed E-state index contributed by atoms with van der Waals surface area (Å²) in [6.45, 7) is 1.79. The Balaban J connectivity index is 2.32. The summed E-state index contributed by atoms with van der Waals surface area (Å²) in [5.41, 5.74) is 0.842. The molecule has 2 rings (SSSR count). The zero-order valence-electron chi connectivity index (χ0n) is 10.7. The van der Waals surface area contributed by atoms with Crippen LogP contribution >= 0.6 is 0 Å². The Morgan fingerprint density at radius 3 is 2.74 bits per heavy atom. The average Bonchev–Trinajstić information content (AvgIpc) is 2.81. The number of carbonyl (C=O) groups excluding carboxylic acids is 1. The third-order valence-electron chi connectivity index (χ3n) is 2.62. The molecule has 96 valence electrons. The highest BCUT2D eigenvalue weighted by atomic mass is 16.2. The van der Waals surface area contributed by atoms with Crippen LogP contribution < -0.4 is 0 Å². The van der Waals surface area contributed by atoms with Crippen LogP contribution in [0.5, 0.6) is 0 Å². The lowest BCUT2D eigenvalue weighted by Gasteiger charge is -2.09. The molecule has 1 aromatic carbocycles. The van der Waals surface area contributed by atoms with Crippen molar-refractivity contribution in [3.8, 4) is 11.8 Å². The van der Waals surface area contributed by atoms with Crippen LogP contribution in [0.3, 0.4) is 0 Å². The number of para-hydroxylation sites is 1. The lowest BCUT2D eigenvalue weighted by Crippen LogP contribution is -2.28. The Kier molecular flexibility index (Phi) is 3.57. The summed E-state index contributed by atoms with van der Waals surface area (Å²) in [7, 11) is 1.55. The van der Waals surface area contributed by atoms with Gasteiger partial charge in [0.2, 0.25) is 5.82 Å².